The summed E-state index contributed by atoms with van der Waals surface area (Å²) in [5.74, 6) is -0.683. The second-order valence-corrected chi connectivity index (χ2v) is 3.98. The zero-order valence-corrected chi connectivity index (χ0v) is 10.7. The van der Waals surface area contributed by atoms with Gasteiger partial charge in [-0.15, -0.1) is 23.7 Å². The highest BCUT2D eigenvalue weighted by Gasteiger charge is 2.24. The molecule has 92 valence electrons. The molecule has 0 saturated heterocycles. The summed E-state index contributed by atoms with van der Waals surface area (Å²) in [7, 11) is 0. The van der Waals surface area contributed by atoms with Crippen molar-refractivity contribution in [2.45, 2.75) is 26.4 Å². The molecule has 1 aromatic rings. The summed E-state index contributed by atoms with van der Waals surface area (Å²) < 4.78 is 4.70. The van der Waals surface area contributed by atoms with Crippen molar-refractivity contribution in [1.29, 1.82) is 0 Å². The van der Waals surface area contributed by atoms with E-state index in [1.54, 1.807) is 6.92 Å². The number of nitrogens with two attached hydrogens (primary N) is 1. The number of carbonyl (C=O) groups excluding carboxylic acids is 1. The Morgan fingerprint density at radius 1 is 1.62 bits per heavy atom. The van der Waals surface area contributed by atoms with Crippen LogP contribution < -0.4 is 5.73 Å². The van der Waals surface area contributed by atoms with E-state index < -0.39 is 12.1 Å². The van der Waals surface area contributed by atoms with E-state index in [2.05, 4.69) is 4.98 Å². The van der Waals surface area contributed by atoms with Gasteiger partial charge in [-0.1, -0.05) is 6.92 Å². The molecule has 0 fully saturated rings. The van der Waals surface area contributed by atoms with E-state index in [4.69, 9.17) is 10.5 Å². The van der Waals surface area contributed by atoms with Crippen molar-refractivity contribution in [3.8, 4) is 0 Å². The first kappa shape index (κ1) is 15.2. The molecule has 1 rings (SSSR count). The molecule has 3 N–H and O–H groups in total. The van der Waals surface area contributed by atoms with Crippen LogP contribution in [0.1, 0.15) is 30.5 Å². The minimum Gasteiger partial charge on any atom is -0.464 e. The number of esters is 1. The molecule has 0 saturated carbocycles. The van der Waals surface area contributed by atoms with Crippen molar-refractivity contribution in [2.75, 3.05) is 12.3 Å². The van der Waals surface area contributed by atoms with Crippen LogP contribution >= 0.6 is 23.7 Å². The maximum Gasteiger partial charge on any atom is 0.341 e. The number of aliphatic hydroxyl groups is 1. The molecule has 1 aromatic heterocycles. The number of aliphatic hydroxyl groups excluding tert-OH is 1. The first-order valence-electron chi connectivity index (χ1n) is 4.69. The number of hydrogen-bond donors (Lipinski definition) is 2. The minimum absolute atomic E-state index is 0. The van der Waals surface area contributed by atoms with Gasteiger partial charge in [-0.25, -0.2) is 9.78 Å². The van der Waals surface area contributed by atoms with Crippen LogP contribution in [0.4, 0.5) is 5.13 Å². The van der Waals surface area contributed by atoms with Crippen molar-refractivity contribution in [1.82, 2.24) is 4.98 Å². The standard InChI is InChI=1S/C9H14N2O3S.ClH/c1-3-5-6(11-9(10)15-5)7(12)8(13)14-4-2;/h7,12H,3-4H2,1-2H3,(H2,10,11);1H. The van der Waals surface area contributed by atoms with Crippen LogP contribution in [-0.4, -0.2) is 22.7 Å². The van der Waals surface area contributed by atoms with Crippen LogP contribution in [0.2, 0.25) is 0 Å². The highest BCUT2D eigenvalue weighted by molar-refractivity contribution is 7.15. The van der Waals surface area contributed by atoms with Crippen LogP contribution in [0.25, 0.3) is 0 Å². The summed E-state index contributed by atoms with van der Waals surface area (Å²) in [5, 5.41) is 10.0. The van der Waals surface area contributed by atoms with Gasteiger partial charge in [-0.3, -0.25) is 0 Å². The lowest BCUT2D eigenvalue weighted by Crippen LogP contribution is -2.16. The Bertz CT molecular complexity index is 357. The number of carbonyl (C=O) groups is 1. The summed E-state index contributed by atoms with van der Waals surface area (Å²) in [6.45, 7) is 3.83. The van der Waals surface area contributed by atoms with Gasteiger partial charge in [0.05, 0.1) is 12.3 Å². The normalized spacial score (nSPS) is 11.7. The number of anilines is 1. The molecule has 0 amide bonds. The predicted octanol–water partition coefficient (Wildman–Crippen LogP) is 1.31. The molecule has 16 heavy (non-hydrogen) atoms. The Labute approximate surface area is 104 Å². The van der Waals surface area contributed by atoms with Crippen LogP contribution in [-0.2, 0) is 16.0 Å². The monoisotopic (exact) mass is 266 g/mol. The van der Waals surface area contributed by atoms with Gasteiger partial charge in [0.1, 0.15) is 0 Å². The Morgan fingerprint density at radius 2 is 2.25 bits per heavy atom. The molecule has 0 bridgehead atoms. The highest BCUT2D eigenvalue weighted by atomic mass is 35.5. The molecule has 0 aliphatic heterocycles. The van der Waals surface area contributed by atoms with Crippen molar-refractivity contribution in [3.05, 3.63) is 10.6 Å². The average molecular weight is 267 g/mol. The molecule has 0 spiro atoms. The Balaban J connectivity index is 0.00000225. The summed E-state index contributed by atoms with van der Waals surface area (Å²) in [6, 6.07) is 0. The van der Waals surface area contributed by atoms with Crippen LogP contribution in [0.15, 0.2) is 0 Å². The van der Waals surface area contributed by atoms with Crippen molar-refractivity contribution < 1.29 is 14.6 Å². The highest BCUT2D eigenvalue weighted by Crippen LogP contribution is 2.26. The fraction of sp³-hybridized carbons (Fsp3) is 0.556. The third-order valence-corrected chi connectivity index (χ3v) is 2.88. The van der Waals surface area contributed by atoms with Gasteiger partial charge in [0.2, 0.25) is 0 Å². The molecular formula is C9H15ClN2O3S. The van der Waals surface area contributed by atoms with E-state index in [9.17, 15) is 9.90 Å². The summed E-state index contributed by atoms with van der Waals surface area (Å²) in [6.07, 6.45) is -0.644. The quantitative estimate of drug-likeness (QED) is 0.803. The molecule has 0 aliphatic carbocycles. The smallest absolute Gasteiger partial charge is 0.341 e. The minimum atomic E-state index is -1.33. The zero-order chi connectivity index (χ0) is 11.4. The summed E-state index contributed by atoms with van der Waals surface area (Å²) in [4.78, 5) is 16.0. The average Bonchev–Trinajstić information content (AvgIpc) is 2.58. The molecular weight excluding hydrogens is 252 g/mol. The molecule has 0 aliphatic rings. The van der Waals surface area contributed by atoms with Gasteiger partial charge < -0.3 is 15.6 Å². The van der Waals surface area contributed by atoms with Crippen molar-refractivity contribution in [3.63, 3.8) is 0 Å². The van der Waals surface area contributed by atoms with Crippen molar-refractivity contribution in [2.24, 2.45) is 0 Å². The second kappa shape index (κ2) is 6.67. The number of aryl methyl sites for hydroxylation is 1. The van der Waals surface area contributed by atoms with Gasteiger partial charge in [-0.05, 0) is 13.3 Å². The molecule has 5 nitrogen and oxygen atoms in total. The Morgan fingerprint density at radius 3 is 2.75 bits per heavy atom. The Hall–Kier alpha value is -0.850. The number of nitrogen functional groups attached to an aromatic ring is 1. The number of hydrogen-bond acceptors (Lipinski definition) is 6. The van der Waals surface area contributed by atoms with Crippen molar-refractivity contribution >= 4 is 34.8 Å². The third kappa shape index (κ3) is 3.33. The van der Waals surface area contributed by atoms with E-state index >= 15 is 0 Å². The lowest BCUT2D eigenvalue weighted by Gasteiger charge is -2.08. The molecule has 1 atom stereocenters. The van der Waals surface area contributed by atoms with Gasteiger partial charge >= 0.3 is 5.97 Å². The maximum atomic E-state index is 11.3. The van der Waals surface area contributed by atoms with Gasteiger partial charge in [-0.2, -0.15) is 0 Å². The maximum absolute atomic E-state index is 11.3. The first-order valence-corrected chi connectivity index (χ1v) is 5.51. The van der Waals surface area contributed by atoms with Gasteiger partial charge in [0, 0.05) is 4.88 Å². The van der Waals surface area contributed by atoms with E-state index in [0.29, 0.717) is 17.2 Å². The number of aromatic nitrogens is 1. The van der Waals surface area contributed by atoms with Crippen LogP contribution in [0.3, 0.4) is 0 Å². The Kier molecular flexibility index (Phi) is 6.32. The van der Waals surface area contributed by atoms with E-state index in [-0.39, 0.29) is 19.0 Å². The SMILES string of the molecule is CCOC(=O)C(O)c1nc(N)sc1CC.Cl. The summed E-state index contributed by atoms with van der Waals surface area (Å²) >= 11 is 1.28. The van der Waals surface area contributed by atoms with E-state index in [1.165, 1.54) is 11.3 Å². The zero-order valence-electron chi connectivity index (χ0n) is 9.10. The van der Waals surface area contributed by atoms with E-state index in [0.717, 1.165) is 4.88 Å². The molecule has 1 unspecified atom stereocenters. The van der Waals surface area contributed by atoms with Gasteiger partial charge in [0.15, 0.2) is 11.2 Å². The second-order valence-electron chi connectivity index (χ2n) is 2.87. The molecule has 7 heteroatoms. The fourth-order valence-corrected chi connectivity index (χ4v) is 1.98. The number of nitrogens with zero attached hydrogens (tertiary/aromatic N) is 1. The fourth-order valence-electron chi connectivity index (χ4n) is 1.18. The van der Waals surface area contributed by atoms with E-state index in [1.807, 2.05) is 6.92 Å². The number of ether oxygens (including phenoxy) is 1. The van der Waals surface area contributed by atoms with Crippen LogP contribution in [0.5, 0.6) is 0 Å². The number of rotatable bonds is 4. The molecule has 0 radical (unpaired) electrons. The van der Waals surface area contributed by atoms with Crippen LogP contribution in [0, 0.1) is 0 Å². The molecule has 0 aromatic carbocycles. The lowest BCUT2D eigenvalue weighted by molar-refractivity contribution is -0.153. The van der Waals surface area contributed by atoms with Gasteiger partial charge in [0.25, 0.3) is 0 Å². The lowest BCUT2D eigenvalue weighted by atomic mass is 10.2. The first-order chi connectivity index (χ1) is 7.10. The largest absolute Gasteiger partial charge is 0.464 e. The number of thiazole rings is 1. The predicted molar refractivity (Wildman–Crippen MR) is 64.7 cm³/mol. The summed E-state index contributed by atoms with van der Waals surface area (Å²) in [5.41, 5.74) is 5.83. The number of halogens is 1. The molecule has 1 heterocycles. The topological polar surface area (TPSA) is 85.4 Å². The third-order valence-electron chi connectivity index (χ3n) is 1.83.